The largest absolute Gasteiger partial charge is 0.442 e. The number of nitrogens with one attached hydrogen (secondary N) is 1. The predicted molar refractivity (Wildman–Crippen MR) is 85.0 cm³/mol. The molecule has 120 valence electrons. The Kier molecular flexibility index (Phi) is 4.57. The Hall–Kier alpha value is -2.41. The van der Waals surface area contributed by atoms with Crippen molar-refractivity contribution < 1.29 is 18.7 Å². The van der Waals surface area contributed by atoms with Crippen LogP contribution in [-0.4, -0.2) is 31.2 Å². The summed E-state index contributed by atoms with van der Waals surface area (Å²) in [6.07, 6.45) is -0.864. The monoisotopic (exact) mass is 334 g/mol. The van der Waals surface area contributed by atoms with Gasteiger partial charge in [-0.25, -0.2) is 9.18 Å². The number of amides is 2. The number of carbonyl (C=O) groups is 2. The average molecular weight is 334 g/mol. The van der Waals surface area contributed by atoms with Crippen molar-refractivity contribution in [2.45, 2.75) is 12.5 Å². The van der Waals surface area contributed by atoms with Crippen LogP contribution in [0.5, 0.6) is 0 Å². The van der Waals surface area contributed by atoms with Gasteiger partial charge in [0, 0.05) is 0 Å². The van der Waals surface area contributed by atoms with Crippen LogP contribution in [0.4, 0.5) is 14.2 Å². The van der Waals surface area contributed by atoms with E-state index in [2.05, 4.69) is 5.32 Å². The summed E-state index contributed by atoms with van der Waals surface area (Å²) in [6.45, 7) is 0.597. The van der Waals surface area contributed by atoms with E-state index in [1.165, 1.54) is 17.4 Å². The molecule has 1 N–H and O–H groups in total. The SMILES string of the molecule is O=C(Cc1ccccc1F)NCC1CN(c2cccs2)C(=O)O1. The molecule has 1 unspecified atom stereocenters. The van der Waals surface area contributed by atoms with Gasteiger partial charge >= 0.3 is 6.09 Å². The number of hydrogen-bond acceptors (Lipinski definition) is 4. The Bertz CT molecular complexity index is 705. The van der Waals surface area contributed by atoms with Gasteiger partial charge in [-0.1, -0.05) is 18.2 Å². The van der Waals surface area contributed by atoms with Gasteiger partial charge < -0.3 is 10.1 Å². The number of benzene rings is 1. The van der Waals surface area contributed by atoms with Gasteiger partial charge in [-0.05, 0) is 29.1 Å². The maximum atomic E-state index is 13.5. The fraction of sp³-hybridized carbons (Fsp3) is 0.250. The van der Waals surface area contributed by atoms with Crippen LogP contribution < -0.4 is 10.2 Å². The lowest BCUT2D eigenvalue weighted by Gasteiger charge is -2.11. The van der Waals surface area contributed by atoms with Gasteiger partial charge in [0.05, 0.1) is 19.5 Å². The second-order valence-corrected chi connectivity index (χ2v) is 6.07. The van der Waals surface area contributed by atoms with Gasteiger partial charge in [-0.15, -0.1) is 11.3 Å². The Morgan fingerprint density at radius 3 is 2.91 bits per heavy atom. The molecule has 1 aliphatic heterocycles. The highest BCUT2D eigenvalue weighted by molar-refractivity contribution is 7.14. The van der Waals surface area contributed by atoms with Crippen molar-refractivity contribution in [3.63, 3.8) is 0 Å². The third kappa shape index (κ3) is 3.68. The maximum absolute atomic E-state index is 13.5. The van der Waals surface area contributed by atoms with Crippen molar-refractivity contribution in [3.05, 3.63) is 53.2 Å². The van der Waals surface area contributed by atoms with Crippen molar-refractivity contribution in [1.29, 1.82) is 0 Å². The standard InChI is InChI=1S/C16H15FN2O3S/c17-13-5-2-1-4-11(13)8-14(20)18-9-12-10-19(16(21)22-12)15-6-3-7-23-15/h1-7,12H,8-10H2,(H,18,20). The van der Waals surface area contributed by atoms with Crippen molar-refractivity contribution in [3.8, 4) is 0 Å². The number of thiophene rings is 1. The van der Waals surface area contributed by atoms with Crippen LogP contribution in [0.1, 0.15) is 5.56 Å². The minimum Gasteiger partial charge on any atom is -0.442 e. The molecular weight excluding hydrogens is 319 g/mol. The van der Waals surface area contributed by atoms with Crippen LogP contribution in [0.3, 0.4) is 0 Å². The van der Waals surface area contributed by atoms with Gasteiger partial charge in [-0.3, -0.25) is 9.69 Å². The fourth-order valence-corrected chi connectivity index (χ4v) is 3.07. The number of hydrogen-bond donors (Lipinski definition) is 1. The van der Waals surface area contributed by atoms with E-state index in [1.807, 2.05) is 17.5 Å². The normalized spacial score (nSPS) is 17.2. The van der Waals surface area contributed by atoms with Crippen LogP contribution in [-0.2, 0) is 16.0 Å². The first-order valence-electron chi connectivity index (χ1n) is 7.15. The molecule has 2 heterocycles. The molecule has 1 saturated heterocycles. The number of anilines is 1. The number of nitrogens with zero attached hydrogens (tertiary/aromatic N) is 1. The van der Waals surface area contributed by atoms with Gasteiger partial charge in [0.1, 0.15) is 16.9 Å². The van der Waals surface area contributed by atoms with Gasteiger partial charge in [0.2, 0.25) is 5.91 Å². The smallest absolute Gasteiger partial charge is 0.415 e. The van der Waals surface area contributed by atoms with E-state index >= 15 is 0 Å². The summed E-state index contributed by atoms with van der Waals surface area (Å²) in [5.74, 6) is -0.709. The van der Waals surface area contributed by atoms with Crippen LogP contribution in [0.15, 0.2) is 41.8 Å². The zero-order valence-corrected chi connectivity index (χ0v) is 13.0. The number of ether oxygens (including phenoxy) is 1. The Morgan fingerprint density at radius 2 is 2.17 bits per heavy atom. The number of rotatable bonds is 5. The van der Waals surface area contributed by atoms with E-state index in [0.717, 1.165) is 5.00 Å². The van der Waals surface area contributed by atoms with Crippen molar-refractivity contribution in [1.82, 2.24) is 5.32 Å². The zero-order chi connectivity index (χ0) is 16.2. The van der Waals surface area contributed by atoms with Crippen molar-refractivity contribution in [2.75, 3.05) is 18.0 Å². The summed E-state index contributed by atoms with van der Waals surface area (Å²) in [6, 6.07) is 9.85. The van der Waals surface area contributed by atoms with Crippen LogP contribution in [0.2, 0.25) is 0 Å². The molecule has 0 radical (unpaired) electrons. The second kappa shape index (κ2) is 6.78. The van der Waals surface area contributed by atoms with Crippen molar-refractivity contribution in [2.24, 2.45) is 0 Å². The highest BCUT2D eigenvalue weighted by Crippen LogP contribution is 2.26. The molecule has 1 atom stereocenters. The number of halogens is 1. The molecule has 1 aromatic carbocycles. The van der Waals surface area contributed by atoms with Crippen LogP contribution in [0, 0.1) is 5.82 Å². The van der Waals surface area contributed by atoms with Crippen molar-refractivity contribution >= 4 is 28.3 Å². The lowest BCUT2D eigenvalue weighted by molar-refractivity contribution is -0.120. The van der Waals surface area contributed by atoms with E-state index in [1.54, 1.807) is 23.1 Å². The lowest BCUT2D eigenvalue weighted by atomic mass is 10.1. The van der Waals surface area contributed by atoms with E-state index in [4.69, 9.17) is 4.74 Å². The fourth-order valence-electron chi connectivity index (χ4n) is 2.34. The number of cyclic esters (lactones) is 1. The minimum atomic E-state index is -0.416. The zero-order valence-electron chi connectivity index (χ0n) is 12.2. The molecule has 0 aliphatic carbocycles. The second-order valence-electron chi connectivity index (χ2n) is 5.14. The molecular formula is C16H15FN2O3S. The van der Waals surface area contributed by atoms with Gasteiger partial charge in [0.25, 0.3) is 0 Å². The summed E-state index contributed by atoms with van der Waals surface area (Å²) in [7, 11) is 0. The molecule has 0 saturated carbocycles. The van der Waals surface area contributed by atoms with E-state index < -0.39 is 18.0 Å². The summed E-state index contributed by atoms with van der Waals surface area (Å²) in [5.41, 5.74) is 0.341. The Balaban J connectivity index is 1.50. The first-order chi connectivity index (χ1) is 11.1. The van der Waals surface area contributed by atoms with Crippen LogP contribution in [0.25, 0.3) is 0 Å². The van der Waals surface area contributed by atoms with E-state index in [9.17, 15) is 14.0 Å². The molecule has 1 aromatic heterocycles. The predicted octanol–water partition coefficient (Wildman–Crippen LogP) is 2.57. The molecule has 5 nitrogen and oxygen atoms in total. The highest BCUT2D eigenvalue weighted by Gasteiger charge is 2.32. The summed E-state index contributed by atoms with van der Waals surface area (Å²) in [4.78, 5) is 25.2. The van der Waals surface area contributed by atoms with E-state index in [-0.39, 0.29) is 18.9 Å². The molecule has 1 aliphatic rings. The van der Waals surface area contributed by atoms with Gasteiger partial charge in [-0.2, -0.15) is 0 Å². The first-order valence-corrected chi connectivity index (χ1v) is 8.03. The summed E-state index contributed by atoms with van der Waals surface area (Å²) in [5, 5.41) is 5.38. The highest BCUT2D eigenvalue weighted by atomic mass is 32.1. The molecule has 2 amide bonds. The Labute approximate surface area is 136 Å². The Morgan fingerprint density at radius 1 is 1.35 bits per heavy atom. The molecule has 0 bridgehead atoms. The molecule has 1 fully saturated rings. The molecule has 0 spiro atoms. The molecule has 7 heteroatoms. The molecule has 23 heavy (non-hydrogen) atoms. The maximum Gasteiger partial charge on any atom is 0.415 e. The topological polar surface area (TPSA) is 58.6 Å². The summed E-state index contributed by atoms with van der Waals surface area (Å²) < 4.78 is 18.7. The first kappa shape index (κ1) is 15.5. The van der Waals surface area contributed by atoms with Gasteiger partial charge in [0.15, 0.2) is 0 Å². The third-order valence-electron chi connectivity index (χ3n) is 3.48. The molecule has 3 rings (SSSR count). The van der Waals surface area contributed by atoms with Crippen LogP contribution >= 0.6 is 11.3 Å². The minimum absolute atomic E-state index is 0.0397. The van der Waals surface area contributed by atoms with E-state index in [0.29, 0.717) is 12.1 Å². The lowest BCUT2D eigenvalue weighted by Crippen LogP contribution is -2.35. The number of carbonyl (C=O) groups excluding carboxylic acids is 2. The third-order valence-corrected chi connectivity index (χ3v) is 4.37. The molecule has 2 aromatic rings. The average Bonchev–Trinajstić information content (AvgIpc) is 3.17. The summed E-state index contributed by atoms with van der Waals surface area (Å²) >= 11 is 1.45. The quantitative estimate of drug-likeness (QED) is 0.914.